The molecule has 2 atom stereocenters. The molecule has 1 aromatic rings. The zero-order valence-electron chi connectivity index (χ0n) is 9.55. The van der Waals surface area contributed by atoms with Gasteiger partial charge in [-0.2, -0.15) is 0 Å². The van der Waals surface area contributed by atoms with E-state index < -0.39 is 10.0 Å². The molecule has 0 radical (unpaired) electrons. The van der Waals surface area contributed by atoms with E-state index in [4.69, 9.17) is 5.84 Å². The molecule has 0 spiro atoms. The number of hydrogen-bond donors (Lipinski definition) is 3. The van der Waals surface area contributed by atoms with Crippen molar-refractivity contribution in [1.82, 2.24) is 9.71 Å². The van der Waals surface area contributed by atoms with E-state index in [0.717, 1.165) is 6.42 Å². The summed E-state index contributed by atoms with van der Waals surface area (Å²) < 4.78 is 26.6. The minimum atomic E-state index is -3.54. The molecular formula is C10H16N4O2S. The fraction of sp³-hybridized carbons (Fsp3) is 0.500. The number of pyridine rings is 1. The molecule has 1 fully saturated rings. The van der Waals surface area contributed by atoms with Crippen molar-refractivity contribution in [2.75, 3.05) is 12.0 Å². The molecule has 0 aliphatic heterocycles. The van der Waals surface area contributed by atoms with Crippen molar-refractivity contribution in [2.24, 2.45) is 17.7 Å². The van der Waals surface area contributed by atoms with Crippen LogP contribution in [-0.2, 0) is 10.0 Å². The van der Waals surface area contributed by atoms with Crippen LogP contribution in [0.15, 0.2) is 23.2 Å². The van der Waals surface area contributed by atoms with Gasteiger partial charge in [-0.15, -0.1) is 0 Å². The van der Waals surface area contributed by atoms with Gasteiger partial charge in [-0.05, 0) is 30.4 Å². The number of rotatable bonds is 5. The maximum Gasteiger partial charge on any atom is 0.244 e. The molecule has 4 N–H and O–H groups in total. The number of hydrazine groups is 1. The summed E-state index contributed by atoms with van der Waals surface area (Å²) >= 11 is 0. The van der Waals surface area contributed by atoms with Crippen LogP contribution in [-0.4, -0.2) is 19.9 Å². The summed E-state index contributed by atoms with van der Waals surface area (Å²) in [6.45, 7) is 2.58. The number of nitrogen functional groups attached to an aromatic ring is 1. The molecule has 1 aliphatic carbocycles. The highest BCUT2D eigenvalue weighted by Gasteiger charge is 2.33. The van der Waals surface area contributed by atoms with Crippen molar-refractivity contribution < 1.29 is 8.42 Å². The summed E-state index contributed by atoms with van der Waals surface area (Å²) in [6.07, 6.45) is 2.56. The van der Waals surface area contributed by atoms with E-state index in [9.17, 15) is 8.42 Å². The molecule has 1 saturated carbocycles. The summed E-state index contributed by atoms with van der Waals surface area (Å²) in [5.41, 5.74) is 2.28. The van der Waals surface area contributed by atoms with E-state index in [0.29, 0.717) is 18.4 Å². The van der Waals surface area contributed by atoms with Crippen molar-refractivity contribution in [3.63, 3.8) is 0 Å². The lowest BCUT2D eigenvalue weighted by molar-refractivity contribution is 0.574. The van der Waals surface area contributed by atoms with Crippen molar-refractivity contribution >= 4 is 15.8 Å². The molecule has 0 saturated heterocycles. The predicted molar refractivity (Wildman–Crippen MR) is 64.5 cm³/mol. The van der Waals surface area contributed by atoms with E-state index in [1.54, 1.807) is 6.07 Å². The minimum absolute atomic E-state index is 0.0794. The van der Waals surface area contributed by atoms with Crippen LogP contribution >= 0.6 is 0 Å². The Balaban J connectivity index is 2.13. The smallest absolute Gasteiger partial charge is 0.244 e. The number of hydrogen-bond acceptors (Lipinski definition) is 5. The Hall–Kier alpha value is -1.18. The summed E-state index contributed by atoms with van der Waals surface area (Å²) in [6, 6.07) is 3.04. The number of nitrogens with two attached hydrogens (primary N) is 1. The molecule has 6 nitrogen and oxygen atoms in total. The van der Waals surface area contributed by atoms with Crippen LogP contribution in [0.1, 0.15) is 13.3 Å². The van der Waals surface area contributed by atoms with Crippen LogP contribution in [0.25, 0.3) is 0 Å². The normalized spacial score (nSPS) is 23.4. The van der Waals surface area contributed by atoms with Gasteiger partial charge in [-0.25, -0.2) is 24.0 Å². The summed E-state index contributed by atoms with van der Waals surface area (Å²) in [7, 11) is -3.54. The van der Waals surface area contributed by atoms with Crippen LogP contribution in [0, 0.1) is 11.8 Å². The quantitative estimate of drug-likeness (QED) is 0.520. The highest BCUT2D eigenvalue weighted by Crippen LogP contribution is 2.37. The third kappa shape index (κ3) is 2.74. The summed E-state index contributed by atoms with van der Waals surface area (Å²) in [5, 5.41) is 0. The van der Waals surface area contributed by atoms with Gasteiger partial charge in [0.1, 0.15) is 4.90 Å². The lowest BCUT2D eigenvalue weighted by Gasteiger charge is -2.09. The van der Waals surface area contributed by atoms with Crippen LogP contribution < -0.4 is 16.0 Å². The van der Waals surface area contributed by atoms with E-state index in [1.165, 1.54) is 12.3 Å². The van der Waals surface area contributed by atoms with E-state index in [1.807, 2.05) is 0 Å². The Kier molecular flexibility index (Phi) is 3.32. The standard InChI is InChI=1S/C10H16N4O2S/c1-7-5-8(7)6-13-17(15,16)9-3-2-4-12-10(9)14-11/h2-4,7-8,13H,5-6,11H2,1H3,(H,12,14). The zero-order chi connectivity index (χ0) is 12.5. The van der Waals surface area contributed by atoms with Gasteiger partial charge >= 0.3 is 0 Å². The fourth-order valence-electron chi connectivity index (χ4n) is 1.69. The first-order valence-electron chi connectivity index (χ1n) is 5.46. The topological polar surface area (TPSA) is 97.1 Å². The van der Waals surface area contributed by atoms with E-state index in [2.05, 4.69) is 22.1 Å². The van der Waals surface area contributed by atoms with Gasteiger partial charge in [-0.3, -0.25) is 0 Å². The highest BCUT2D eigenvalue weighted by molar-refractivity contribution is 7.89. The number of nitrogens with one attached hydrogen (secondary N) is 2. The Bertz CT molecular complexity index is 503. The average molecular weight is 256 g/mol. The maximum absolute atomic E-state index is 12.0. The number of sulfonamides is 1. The monoisotopic (exact) mass is 256 g/mol. The fourth-order valence-corrected chi connectivity index (χ4v) is 2.91. The third-order valence-corrected chi connectivity index (χ3v) is 4.46. The third-order valence-electron chi connectivity index (χ3n) is 3.01. The molecular weight excluding hydrogens is 240 g/mol. The van der Waals surface area contributed by atoms with Crippen molar-refractivity contribution in [3.05, 3.63) is 18.3 Å². The van der Waals surface area contributed by atoms with Crippen LogP contribution in [0.5, 0.6) is 0 Å². The maximum atomic E-state index is 12.0. The molecule has 94 valence electrons. The summed E-state index contributed by atoms with van der Waals surface area (Å²) in [4.78, 5) is 3.95. The van der Waals surface area contributed by atoms with Gasteiger partial charge in [0.15, 0.2) is 5.82 Å². The predicted octanol–water partition coefficient (Wildman–Crippen LogP) is 0.302. The van der Waals surface area contributed by atoms with Crippen LogP contribution in [0.3, 0.4) is 0 Å². The van der Waals surface area contributed by atoms with Crippen molar-refractivity contribution in [2.45, 2.75) is 18.2 Å². The van der Waals surface area contributed by atoms with Gasteiger partial charge in [0.25, 0.3) is 0 Å². The number of anilines is 1. The molecule has 2 unspecified atom stereocenters. The Morgan fingerprint density at radius 2 is 2.29 bits per heavy atom. The highest BCUT2D eigenvalue weighted by atomic mass is 32.2. The van der Waals surface area contributed by atoms with Gasteiger partial charge in [0, 0.05) is 12.7 Å². The molecule has 1 aromatic heterocycles. The lowest BCUT2D eigenvalue weighted by Crippen LogP contribution is -2.27. The second-order valence-corrected chi connectivity index (χ2v) is 6.05. The molecule has 0 aromatic carbocycles. The average Bonchev–Trinajstić information content (AvgIpc) is 3.03. The Morgan fingerprint density at radius 3 is 2.88 bits per heavy atom. The lowest BCUT2D eigenvalue weighted by atomic mass is 10.3. The SMILES string of the molecule is CC1CC1CNS(=O)(=O)c1cccnc1NN. The van der Waals surface area contributed by atoms with Gasteiger partial charge in [-0.1, -0.05) is 6.92 Å². The molecule has 1 heterocycles. The van der Waals surface area contributed by atoms with Crippen molar-refractivity contribution in [1.29, 1.82) is 0 Å². The Labute approximate surface area is 101 Å². The molecule has 0 amide bonds. The van der Waals surface area contributed by atoms with E-state index >= 15 is 0 Å². The van der Waals surface area contributed by atoms with Crippen LogP contribution in [0.4, 0.5) is 5.82 Å². The molecule has 1 aliphatic rings. The largest absolute Gasteiger partial charge is 0.307 e. The summed E-state index contributed by atoms with van der Waals surface area (Å²) in [5.74, 6) is 6.45. The van der Waals surface area contributed by atoms with Gasteiger partial charge in [0.05, 0.1) is 0 Å². The second kappa shape index (κ2) is 4.59. The van der Waals surface area contributed by atoms with Crippen molar-refractivity contribution in [3.8, 4) is 0 Å². The first-order valence-corrected chi connectivity index (χ1v) is 6.94. The minimum Gasteiger partial charge on any atom is -0.307 e. The van der Waals surface area contributed by atoms with Gasteiger partial charge in [0.2, 0.25) is 10.0 Å². The number of nitrogens with zero attached hydrogens (tertiary/aromatic N) is 1. The second-order valence-electron chi connectivity index (χ2n) is 4.32. The first-order chi connectivity index (χ1) is 8.04. The van der Waals surface area contributed by atoms with Crippen LogP contribution in [0.2, 0.25) is 0 Å². The first kappa shape index (κ1) is 12.3. The zero-order valence-corrected chi connectivity index (χ0v) is 10.4. The Morgan fingerprint density at radius 1 is 1.59 bits per heavy atom. The number of aromatic nitrogens is 1. The molecule has 2 rings (SSSR count). The molecule has 0 bridgehead atoms. The van der Waals surface area contributed by atoms with Gasteiger partial charge < -0.3 is 5.43 Å². The molecule has 7 heteroatoms. The molecule has 17 heavy (non-hydrogen) atoms. The van der Waals surface area contributed by atoms with E-state index in [-0.39, 0.29) is 10.7 Å².